The summed E-state index contributed by atoms with van der Waals surface area (Å²) in [4.78, 5) is 12.1. The van der Waals surface area contributed by atoms with Crippen LogP contribution >= 0.6 is 0 Å². The monoisotopic (exact) mass is 347 g/mol. The fourth-order valence-electron chi connectivity index (χ4n) is 2.46. The van der Waals surface area contributed by atoms with Gasteiger partial charge in [0.2, 0.25) is 10.0 Å². The molecule has 24 heavy (non-hydrogen) atoms. The molecule has 0 bridgehead atoms. The number of urea groups is 1. The molecular formula is C17H21N3O3S. The number of hydrogen-bond acceptors (Lipinski definition) is 3. The van der Waals surface area contributed by atoms with E-state index in [1.807, 2.05) is 32.9 Å². The van der Waals surface area contributed by atoms with Gasteiger partial charge < -0.3 is 10.6 Å². The smallest absolute Gasteiger partial charge is 0.319 e. The van der Waals surface area contributed by atoms with Crippen LogP contribution in [0.2, 0.25) is 0 Å². The number of hydrogen-bond donors (Lipinski definition) is 3. The van der Waals surface area contributed by atoms with Crippen molar-refractivity contribution in [1.29, 1.82) is 0 Å². The molecular weight excluding hydrogens is 326 g/mol. The molecule has 0 fully saturated rings. The van der Waals surface area contributed by atoms with Crippen molar-refractivity contribution in [1.82, 2.24) is 5.32 Å². The Labute approximate surface area is 142 Å². The maximum atomic E-state index is 12.1. The van der Waals surface area contributed by atoms with Gasteiger partial charge in [0.1, 0.15) is 0 Å². The van der Waals surface area contributed by atoms with Crippen LogP contribution in [0.15, 0.2) is 47.4 Å². The fourth-order valence-corrected chi connectivity index (χ4v) is 3.02. The Morgan fingerprint density at radius 2 is 1.71 bits per heavy atom. The first kappa shape index (κ1) is 18.0. The summed E-state index contributed by atoms with van der Waals surface area (Å²) in [7, 11) is -3.81. The first-order chi connectivity index (χ1) is 11.1. The number of amides is 2. The average molecular weight is 347 g/mol. The second-order valence-electron chi connectivity index (χ2n) is 5.81. The maximum Gasteiger partial charge on any atom is 0.319 e. The SMILES string of the molecule is Cc1cc(C)cc(C(C)NC(=O)Nc2cccc(S(N)(=O)=O)c2)c1. The first-order valence-electron chi connectivity index (χ1n) is 7.44. The molecule has 0 saturated carbocycles. The van der Waals surface area contributed by atoms with E-state index in [9.17, 15) is 13.2 Å². The molecule has 6 nitrogen and oxygen atoms in total. The Morgan fingerprint density at radius 3 is 2.29 bits per heavy atom. The summed E-state index contributed by atoms with van der Waals surface area (Å²) in [5.74, 6) is 0. The third kappa shape index (κ3) is 4.81. The van der Waals surface area contributed by atoms with E-state index in [0.29, 0.717) is 5.69 Å². The lowest BCUT2D eigenvalue weighted by Crippen LogP contribution is -2.31. The molecule has 1 atom stereocenters. The summed E-state index contributed by atoms with van der Waals surface area (Å²) in [5.41, 5.74) is 3.60. The Hall–Kier alpha value is -2.38. The standard InChI is InChI=1S/C17H21N3O3S/c1-11-7-12(2)9-14(8-11)13(3)19-17(21)20-15-5-4-6-16(10-15)24(18,22)23/h4-10,13H,1-3H3,(H2,18,22,23)(H2,19,20,21). The number of rotatable bonds is 4. The lowest BCUT2D eigenvalue weighted by atomic mass is 10.0. The fraction of sp³-hybridized carbons (Fsp3) is 0.235. The van der Waals surface area contributed by atoms with Crippen LogP contribution in [-0.2, 0) is 10.0 Å². The highest BCUT2D eigenvalue weighted by atomic mass is 32.2. The Kier molecular flexibility index (Phi) is 5.26. The van der Waals surface area contributed by atoms with E-state index >= 15 is 0 Å². The zero-order valence-electron chi connectivity index (χ0n) is 13.8. The van der Waals surface area contributed by atoms with E-state index in [0.717, 1.165) is 16.7 Å². The van der Waals surface area contributed by atoms with Gasteiger partial charge in [0.05, 0.1) is 10.9 Å². The van der Waals surface area contributed by atoms with Crippen LogP contribution in [0.3, 0.4) is 0 Å². The van der Waals surface area contributed by atoms with Gasteiger partial charge in [-0.25, -0.2) is 18.4 Å². The number of carbonyl (C=O) groups is 1. The van der Waals surface area contributed by atoms with E-state index in [1.54, 1.807) is 6.07 Å². The van der Waals surface area contributed by atoms with Crippen molar-refractivity contribution in [2.75, 3.05) is 5.32 Å². The number of aryl methyl sites for hydroxylation is 2. The molecule has 2 amide bonds. The molecule has 2 rings (SSSR count). The molecule has 0 radical (unpaired) electrons. The summed E-state index contributed by atoms with van der Waals surface area (Å²) >= 11 is 0. The minimum absolute atomic E-state index is 0.0531. The summed E-state index contributed by atoms with van der Waals surface area (Å²) in [5, 5.41) is 10.5. The molecule has 2 aromatic rings. The van der Waals surface area contributed by atoms with Crippen molar-refractivity contribution < 1.29 is 13.2 Å². The normalized spacial score (nSPS) is 12.5. The van der Waals surface area contributed by atoms with Crippen molar-refractivity contribution in [3.63, 3.8) is 0 Å². The highest BCUT2D eigenvalue weighted by Gasteiger charge is 2.12. The van der Waals surface area contributed by atoms with Crippen LogP contribution in [0.1, 0.15) is 29.7 Å². The number of anilines is 1. The largest absolute Gasteiger partial charge is 0.331 e. The maximum absolute atomic E-state index is 12.1. The molecule has 2 aromatic carbocycles. The minimum Gasteiger partial charge on any atom is -0.331 e. The third-order valence-corrected chi connectivity index (χ3v) is 4.42. The van der Waals surface area contributed by atoms with Crippen LogP contribution in [-0.4, -0.2) is 14.4 Å². The average Bonchev–Trinajstić information content (AvgIpc) is 2.45. The van der Waals surface area contributed by atoms with Crippen molar-refractivity contribution in [3.05, 3.63) is 59.2 Å². The van der Waals surface area contributed by atoms with Crippen molar-refractivity contribution in [3.8, 4) is 0 Å². The highest BCUT2D eigenvalue weighted by molar-refractivity contribution is 7.89. The summed E-state index contributed by atoms with van der Waals surface area (Å²) in [6, 6.07) is 11.3. The number of nitrogens with two attached hydrogens (primary N) is 1. The Balaban J connectivity index is 2.08. The molecule has 0 aliphatic heterocycles. The van der Waals surface area contributed by atoms with E-state index < -0.39 is 16.1 Å². The van der Waals surface area contributed by atoms with Gasteiger partial charge in [-0.2, -0.15) is 0 Å². The number of sulfonamides is 1. The van der Waals surface area contributed by atoms with E-state index in [-0.39, 0.29) is 10.9 Å². The second kappa shape index (κ2) is 7.02. The molecule has 7 heteroatoms. The molecule has 128 valence electrons. The first-order valence-corrected chi connectivity index (χ1v) is 8.98. The Bertz CT molecular complexity index is 843. The van der Waals surface area contributed by atoms with E-state index in [2.05, 4.69) is 16.7 Å². The topological polar surface area (TPSA) is 101 Å². The highest BCUT2D eigenvalue weighted by Crippen LogP contribution is 2.18. The molecule has 0 saturated heterocycles. The summed E-state index contributed by atoms with van der Waals surface area (Å²) in [6.07, 6.45) is 0. The number of primary sulfonamides is 1. The number of nitrogens with one attached hydrogen (secondary N) is 2. The van der Waals surface area contributed by atoms with Crippen LogP contribution in [0.5, 0.6) is 0 Å². The van der Waals surface area contributed by atoms with Crippen molar-refractivity contribution in [2.24, 2.45) is 5.14 Å². The van der Waals surface area contributed by atoms with E-state index in [1.165, 1.54) is 18.2 Å². The quantitative estimate of drug-likeness (QED) is 0.792. The molecule has 0 aliphatic carbocycles. The molecule has 0 heterocycles. The van der Waals surface area contributed by atoms with Gasteiger partial charge in [-0.3, -0.25) is 0 Å². The van der Waals surface area contributed by atoms with Gasteiger partial charge in [0.25, 0.3) is 0 Å². The van der Waals surface area contributed by atoms with Gasteiger partial charge in [0.15, 0.2) is 0 Å². The van der Waals surface area contributed by atoms with Crippen LogP contribution in [0.25, 0.3) is 0 Å². The van der Waals surface area contributed by atoms with Crippen LogP contribution in [0, 0.1) is 13.8 Å². The number of carbonyl (C=O) groups excluding carboxylic acids is 1. The zero-order chi connectivity index (χ0) is 17.9. The van der Waals surface area contributed by atoms with Gasteiger partial charge >= 0.3 is 6.03 Å². The van der Waals surface area contributed by atoms with Crippen molar-refractivity contribution in [2.45, 2.75) is 31.7 Å². The predicted molar refractivity (Wildman–Crippen MR) is 94.3 cm³/mol. The Morgan fingerprint density at radius 1 is 1.08 bits per heavy atom. The number of benzene rings is 2. The van der Waals surface area contributed by atoms with Gasteiger partial charge in [0, 0.05) is 5.69 Å². The third-order valence-electron chi connectivity index (χ3n) is 3.51. The lowest BCUT2D eigenvalue weighted by Gasteiger charge is -2.16. The lowest BCUT2D eigenvalue weighted by molar-refractivity contribution is 0.249. The van der Waals surface area contributed by atoms with Gasteiger partial charge in [-0.05, 0) is 44.5 Å². The molecule has 4 N–H and O–H groups in total. The van der Waals surface area contributed by atoms with Gasteiger partial charge in [-0.1, -0.05) is 35.4 Å². The minimum atomic E-state index is -3.81. The van der Waals surface area contributed by atoms with Gasteiger partial charge in [-0.15, -0.1) is 0 Å². The summed E-state index contributed by atoms with van der Waals surface area (Å²) in [6.45, 7) is 5.89. The molecule has 0 aromatic heterocycles. The molecule has 0 aliphatic rings. The van der Waals surface area contributed by atoms with Crippen LogP contribution < -0.4 is 15.8 Å². The molecule has 0 spiro atoms. The van der Waals surface area contributed by atoms with E-state index in [4.69, 9.17) is 5.14 Å². The summed E-state index contributed by atoms with van der Waals surface area (Å²) < 4.78 is 22.7. The second-order valence-corrected chi connectivity index (χ2v) is 7.38. The zero-order valence-corrected chi connectivity index (χ0v) is 14.6. The molecule has 1 unspecified atom stereocenters. The van der Waals surface area contributed by atoms with Crippen molar-refractivity contribution >= 4 is 21.7 Å². The predicted octanol–water partition coefficient (Wildman–Crippen LogP) is 2.83. The van der Waals surface area contributed by atoms with Crippen LogP contribution in [0.4, 0.5) is 10.5 Å².